The van der Waals surface area contributed by atoms with E-state index in [-0.39, 0.29) is 76.1 Å². The first-order valence-electron chi connectivity index (χ1n) is 2.23. The third kappa shape index (κ3) is 70.1. The number of halogens is 5. The summed E-state index contributed by atoms with van der Waals surface area (Å²) in [4.78, 5) is 0. The molecule has 0 N–H and O–H groups in total. The van der Waals surface area contributed by atoms with Crippen molar-refractivity contribution in [2.45, 2.75) is 24.4 Å². The Labute approximate surface area is 115 Å². The number of rotatable bonds is 2. The van der Waals surface area contributed by atoms with Crippen LogP contribution in [0.2, 0.25) is 10.6 Å². The molecule has 0 unspecified atom stereocenters. The van der Waals surface area contributed by atoms with Crippen molar-refractivity contribution in [2.24, 2.45) is 0 Å². The SMILES string of the molecule is C[CH2][Al+][CH2]C.[Cl-].[Cl-].[Cl-].[Cl-].[F-].[Ti+4]. The summed E-state index contributed by atoms with van der Waals surface area (Å²) in [5, 5.41) is 2.85. The van der Waals surface area contributed by atoms with Crippen molar-refractivity contribution >= 4 is 15.2 Å². The van der Waals surface area contributed by atoms with E-state index in [1.54, 1.807) is 0 Å². The van der Waals surface area contributed by atoms with Gasteiger partial charge in [0.15, 0.2) is 0 Å². The van der Waals surface area contributed by atoms with Crippen molar-refractivity contribution in [2.75, 3.05) is 0 Å². The zero-order valence-electron chi connectivity index (χ0n) is 6.38. The van der Waals surface area contributed by atoms with Crippen LogP contribution < -0.4 is 54.3 Å². The molecule has 0 bridgehead atoms. The van der Waals surface area contributed by atoms with Gasteiger partial charge in [0.2, 0.25) is 0 Å². The molecule has 0 saturated heterocycles. The molecule has 68 valence electrons. The molecule has 0 fully saturated rings. The predicted molar refractivity (Wildman–Crippen MR) is 26.7 cm³/mol. The van der Waals surface area contributed by atoms with Gasteiger partial charge in [-0.05, 0) is 0 Å². The second-order valence-corrected chi connectivity index (χ2v) is 3.32. The molecule has 0 aliphatic rings. The van der Waals surface area contributed by atoms with Crippen LogP contribution in [-0.2, 0) is 21.7 Å². The first-order valence-corrected chi connectivity index (χ1v) is 3.86. The molecule has 7 heteroatoms. The van der Waals surface area contributed by atoms with Crippen molar-refractivity contribution in [3.05, 3.63) is 0 Å². The van der Waals surface area contributed by atoms with Crippen molar-refractivity contribution in [3.8, 4) is 0 Å². The average Bonchev–Trinajstić information content (AvgIpc) is 1.41. The monoisotopic (exact) mass is 292 g/mol. The van der Waals surface area contributed by atoms with Gasteiger partial charge in [-0.3, -0.25) is 0 Å². The minimum Gasteiger partial charge on any atom is -1.00 e. The molecule has 0 heterocycles. The fraction of sp³-hybridized carbons (Fsp3) is 1.00. The van der Waals surface area contributed by atoms with Crippen molar-refractivity contribution in [1.82, 2.24) is 0 Å². The Hall–Kier alpha value is 2.34. The fourth-order valence-electron chi connectivity index (χ4n) is 0.289. The Morgan fingerprint density at radius 3 is 1.00 bits per heavy atom. The van der Waals surface area contributed by atoms with E-state index in [1.807, 2.05) is 0 Å². The summed E-state index contributed by atoms with van der Waals surface area (Å²) in [6, 6.07) is 0. The zero-order chi connectivity index (χ0) is 4.12. The summed E-state index contributed by atoms with van der Waals surface area (Å²) >= 11 is 0.815. The smallest absolute Gasteiger partial charge is 1.00 e. The molecule has 0 radical (unpaired) electrons. The molecule has 0 nitrogen and oxygen atoms in total. The van der Waals surface area contributed by atoms with Crippen LogP contribution in [0, 0.1) is 0 Å². The molecule has 0 aromatic rings. The molecule has 0 saturated carbocycles. The molecule has 0 aliphatic carbocycles. The van der Waals surface area contributed by atoms with E-state index < -0.39 is 0 Å². The molecule has 0 aliphatic heterocycles. The molecule has 0 amide bonds. The second kappa shape index (κ2) is 55.7. The van der Waals surface area contributed by atoms with Gasteiger partial charge in [-0.25, -0.2) is 0 Å². The normalized spacial score (nSPS) is 3.09. The van der Waals surface area contributed by atoms with E-state index in [4.69, 9.17) is 0 Å². The van der Waals surface area contributed by atoms with Gasteiger partial charge in [0.1, 0.15) is 0 Å². The summed E-state index contributed by atoms with van der Waals surface area (Å²) < 4.78 is 0. The van der Waals surface area contributed by atoms with Gasteiger partial charge in [-0.1, -0.05) is 0 Å². The Kier molecular flexibility index (Phi) is 256. The first kappa shape index (κ1) is 50.5. The first-order chi connectivity index (χ1) is 2.41. The summed E-state index contributed by atoms with van der Waals surface area (Å²) in [6.45, 7) is 4.50. The van der Waals surface area contributed by atoms with Crippen LogP contribution in [-0.4, -0.2) is 15.2 Å². The second-order valence-electron chi connectivity index (χ2n) is 1.11. The van der Waals surface area contributed by atoms with Crippen LogP contribution in [0.5, 0.6) is 0 Å². The van der Waals surface area contributed by atoms with Gasteiger partial charge in [-0.15, -0.1) is 0 Å². The summed E-state index contributed by atoms with van der Waals surface area (Å²) in [7, 11) is 0. The van der Waals surface area contributed by atoms with E-state index in [2.05, 4.69) is 13.8 Å². The Bertz CT molecular complexity index is 29.6. The average molecular weight is 294 g/mol. The Balaban J connectivity index is -0.00000000533. The predicted octanol–water partition coefficient (Wildman–Crippen LogP) is -13.4. The fourth-order valence-corrected chi connectivity index (χ4v) is 0.866. The van der Waals surface area contributed by atoms with Crippen LogP contribution in [0.15, 0.2) is 0 Å². The Morgan fingerprint density at radius 1 is 0.818 bits per heavy atom. The topological polar surface area (TPSA) is 0 Å². The van der Waals surface area contributed by atoms with E-state index in [9.17, 15) is 0 Å². The third-order valence-corrected chi connectivity index (χ3v) is 1.73. The molecule has 0 aromatic heterocycles. The van der Waals surface area contributed by atoms with Crippen LogP contribution in [0.3, 0.4) is 0 Å². The molecular weight excluding hydrogens is 284 g/mol. The maximum absolute atomic E-state index is 2.25. The van der Waals surface area contributed by atoms with Gasteiger partial charge in [0.05, 0.1) is 0 Å². The zero-order valence-corrected chi connectivity index (χ0v) is 12.1. The van der Waals surface area contributed by atoms with Crippen LogP contribution >= 0.6 is 0 Å². The van der Waals surface area contributed by atoms with E-state index in [0.29, 0.717) is 0 Å². The van der Waals surface area contributed by atoms with E-state index in [0.717, 1.165) is 15.2 Å². The van der Waals surface area contributed by atoms with Gasteiger partial charge in [0.25, 0.3) is 0 Å². The van der Waals surface area contributed by atoms with Crippen LogP contribution in [0.4, 0.5) is 0 Å². The van der Waals surface area contributed by atoms with Gasteiger partial charge < -0.3 is 54.3 Å². The number of hydrogen-bond donors (Lipinski definition) is 0. The number of hydrogen-bond acceptors (Lipinski definition) is 0. The third-order valence-electron chi connectivity index (χ3n) is 0.577. The van der Waals surface area contributed by atoms with Gasteiger partial charge in [0, 0.05) is 0 Å². The van der Waals surface area contributed by atoms with Gasteiger partial charge in [-0.2, -0.15) is 0 Å². The van der Waals surface area contributed by atoms with Gasteiger partial charge >= 0.3 is 61.4 Å². The minimum absolute atomic E-state index is 0. The molecule has 0 aromatic carbocycles. The minimum atomic E-state index is 0. The standard InChI is InChI=1S/2C2H5.Al.4ClH.FH.Ti/c2*1-2;;;;;;;/h2*1H2,2H3;;5*1H;/q;;+1;;;;;;+4/p-5. The van der Waals surface area contributed by atoms with Crippen LogP contribution in [0.1, 0.15) is 13.8 Å². The molecule has 0 rings (SSSR count). The van der Waals surface area contributed by atoms with Crippen LogP contribution in [0.25, 0.3) is 0 Å². The maximum atomic E-state index is 2.25. The van der Waals surface area contributed by atoms with E-state index >= 15 is 0 Å². The summed E-state index contributed by atoms with van der Waals surface area (Å²) in [5.41, 5.74) is 0. The van der Waals surface area contributed by atoms with Crippen molar-refractivity contribution < 1.29 is 76.1 Å². The maximum Gasteiger partial charge on any atom is 4.00 e. The molecular formula is C4H10AlCl4FTi. The quantitative estimate of drug-likeness (QED) is 0.444. The van der Waals surface area contributed by atoms with E-state index in [1.165, 1.54) is 10.6 Å². The molecule has 0 atom stereocenters. The Morgan fingerprint density at radius 2 is 1.00 bits per heavy atom. The van der Waals surface area contributed by atoms with Crippen molar-refractivity contribution in [1.29, 1.82) is 0 Å². The molecule has 11 heavy (non-hydrogen) atoms. The summed E-state index contributed by atoms with van der Waals surface area (Å²) in [6.07, 6.45) is 0. The summed E-state index contributed by atoms with van der Waals surface area (Å²) in [5.74, 6) is 0. The largest absolute Gasteiger partial charge is 4.00 e. The van der Waals surface area contributed by atoms with Crippen molar-refractivity contribution in [3.63, 3.8) is 0 Å². The molecule has 0 spiro atoms.